The lowest BCUT2D eigenvalue weighted by Gasteiger charge is -2.17. The standard InChI is InChI=1S/C19H19ClN4O3S/c1-13(2)17(19-22-18(23-27-19)15-7-5-10-21-12-15)24-28(25,26)11-9-14-6-3-4-8-16(14)20/h3-13,17,24H,1-2H3. The molecule has 3 aromatic rings. The highest BCUT2D eigenvalue weighted by Gasteiger charge is 2.26. The average Bonchev–Trinajstić information content (AvgIpc) is 3.16. The molecule has 2 heterocycles. The predicted molar refractivity (Wildman–Crippen MR) is 108 cm³/mol. The van der Waals surface area contributed by atoms with Crippen LogP contribution >= 0.6 is 11.6 Å². The number of halogens is 1. The van der Waals surface area contributed by atoms with Crippen LogP contribution in [-0.4, -0.2) is 23.5 Å². The van der Waals surface area contributed by atoms with Gasteiger partial charge in [0.15, 0.2) is 0 Å². The first-order valence-corrected chi connectivity index (χ1v) is 10.5. The lowest BCUT2D eigenvalue weighted by Crippen LogP contribution is -2.30. The summed E-state index contributed by atoms with van der Waals surface area (Å²) in [4.78, 5) is 8.35. The predicted octanol–water partition coefficient (Wildman–Crippen LogP) is 4.07. The summed E-state index contributed by atoms with van der Waals surface area (Å²) < 4.78 is 33.0. The molecule has 0 saturated heterocycles. The number of benzene rings is 1. The Hall–Kier alpha value is -2.55. The van der Waals surface area contributed by atoms with Crippen LogP contribution in [0.1, 0.15) is 31.3 Å². The van der Waals surface area contributed by atoms with Gasteiger partial charge in [0.2, 0.25) is 21.7 Å². The van der Waals surface area contributed by atoms with Crippen molar-refractivity contribution in [3.63, 3.8) is 0 Å². The quantitative estimate of drug-likeness (QED) is 0.621. The van der Waals surface area contributed by atoms with Gasteiger partial charge in [-0.1, -0.05) is 48.8 Å². The summed E-state index contributed by atoms with van der Waals surface area (Å²) in [5.74, 6) is 0.411. The molecular weight excluding hydrogens is 400 g/mol. The van der Waals surface area contributed by atoms with E-state index < -0.39 is 16.1 Å². The molecular formula is C19H19ClN4O3S. The highest BCUT2D eigenvalue weighted by molar-refractivity contribution is 7.92. The molecule has 1 N–H and O–H groups in total. The number of hydrogen-bond acceptors (Lipinski definition) is 6. The topological polar surface area (TPSA) is 98.0 Å². The molecule has 2 aromatic heterocycles. The monoisotopic (exact) mass is 418 g/mol. The van der Waals surface area contributed by atoms with E-state index in [2.05, 4.69) is 19.8 Å². The van der Waals surface area contributed by atoms with Crippen LogP contribution in [0, 0.1) is 5.92 Å². The zero-order chi connectivity index (χ0) is 20.1. The van der Waals surface area contributed by atoms with Gasteiger partial charge in [0, 0.05) is 28.4 Å². The number of rotatable bonds is 7. The molecule has 9 heteroatoms. The van der Waals surface area contributed by atoms with Gasteiger partial charge in [-0.15, -0.1) is 0 Å². The molecule has 0 bridgehead atoms. The first-order valence-electron chi connectivity index (χ1n) is 8.54. The maximum absolute atomic E-state index is 12.5. The minimum atomic E-state index is -3.77. The van der Waals surface area contributed by atoms with E-state index in [4.69, 9.17) is 16.1 Å². The van der Waals surface area contributed by atoms with Crippen LogP contribution in [0.4, 0.5) is 0 Å². The third kappa shape index (κ3) is 5.03. The molecule has 0 aliphatic carbocycles. The van der Waals surface area contributed by atoms with Crippen LogP contribution in [-0.2, 0) is 10.0 Å². The molecule has 146 valence electrons. The Balaban J connectivity index is 1.81. The first-order chi connectivity index (χ1) is 13.4. The minimum Gasteiger partial charge on any atom is -0.337 e. The smallest absolute Gasteiger partial charge is 0.245 e. The molecule has 28 heavy (non-hydrogen) atoms. The Kier molecular flexibility index (Phi) is 6.23. The minimum absolute atomic E-state index is 0.120. The second kappa shape index (κ2) is 8.64. The molecule has 0 fully saturated rings. The maximum atomic E-state index is 12.5. The Morgan fingerprint density at radius 1 is 1.18 bits per heavy atom. The van der Waals surface area contributed by atoms with E-state index in [0.29, 0.717) is 22.0 Å². The zero-order valence-electron chi connectivity index (χ0n) is 15.3. The van der Waals surface area contributed by atoms with E-state index in [-0.39, 0.29) is 11.8 Å². The molecule has 0 aliphatic rings. The van der Waals surface area contributed by atoms with Crippen molar-refractivity contribution in [1.29, 1.82) is 0 Å². The summed E-state index contributed by atoms with van der Waals surface area (Å²) in [6.45, 7) is 3.72. The average molecular weight is 419 g/mol. The third-order valence-corrected chi connectivity index (χ3v) is 5.34. The van der Waals surface area contributed by atoms with Gasteiger partial charge in [-0.3, -0.25) is 4.98 Å². The van der Waals surface area contributed by atoms with Crippen LogP contribution in [0.3, 0.4) is 0 Å². The van der Waals surface area contributed by atoms with Gasteiger partial charge in [-0.05, 0) is 35.8 Å². The summed E-state index contributed by atoms with van der Waals surface area (Å²) in [6.07, 6.45) is 4.69. The fraction of sp³-hybridized carbons (Fsp3) is 0.211. The van der Waals surface area contributed by atoms with Gasteiger partial charge < -0.3 is 4.52 Å². The third-order valence-electron chi connectivity index (χ3n) is 3.92. The Labute approximate surface area is 168 Å². The van der Waals surface area contributed by atoms with Crippen molar-refractivity contribution in [2.24, 2.45) is 5.92 Å². The van der Waals surface area contributed by atoms with E-state index in [9.17, 15) is 8.42 Å². The van der Waals surface area contributed by atoms with Crippen LogP contribution in [0.5, 0.6) is 0 Å². The second-order valence-electron chi connectivity index (χ2n) is 6.41. The van der Waals surface area contributed by atoms with Crippen molar-refractivity contribution in [1.82, 2.24) is 19.8 Å². The van der Waals surface area contributed by atoms with Gasteiger partial charge >= 0.3 is 0 Å². The number of nitrogens with zero attached hydrogens (tertiary/aromatic N) is 3. The Morgan fingerprint density at radius 2 is 1.96 bits per heavy atom. The molecule has 0 amide bonds. The first kappa shape index (κ1) is 20.2. The van der Waals surface area contributed by atoms with Crippen molar-refractivity contribution < 1.29 is 12.9 Å². The van der Waals surface area contributed by atoms with Gasteiger partial charge in [-0.25, -0.2) is 8.42 Å². The second-order valence-corrected chi connectivity index (χ2v) is 8.41. The van der Waals surface area contributed by atoms with Crippen LogP contribution in [0.25, 0.3) is 17.5 Å². The SMILES string of the molecule is CC(C)C(NS(=O)(=O)C=Cc1ccccc1Cl)c1nc(-c2cccnc2)no1. The van der Waals surface area contributed by atoms with Crippen molar-refractivity contribution in [3.05, 3.63) is 70.7 Å². The van der Waals surface area contributed by atoms with Gasteiger partial charge in [-0.2, -0.15) is 9.71 Å². The zero-order valence-corrected chi connectivity index (χ0v) is 16.9. The summed E-state index contributed by atoms with van der Waals surface area (Å²) in [5.41, 5.74) is 1.29. The molecule has 0 spiro atoms. The van der Waals surface area contributed by atoms with E-state index in [1.54, 1.807) is 48.8 Å². The van der Waals surface area contributed by atoms with Crippen molar-refractivity contribution in [3.8, 4) is 11.4 Å². The summed E-state index contributed by atoms with van der Waals surface area (Å²) in [6, 6.07) is 9.84. The van der Waals surface area contributed by atoms with Gasteiger partial charge in [0.05, 0.1) is 0 Å². The summed E-state index contributed by atoms with van der Waals surface area (Å²) >= 11 is 6.06. The van der Waals surface area contributed by atoms with Gasteiger partial charge in [0.25, 0.3) is 0 Å². The number of hydrogen-bond donors (Lipinski definition) is 1. The van der Waals surface area contributed by atoms with E-state index in [1.807, 2.05) is 13.8 Å². The largest absolute Gasteiger partial charge is 0.337 e. The van der Waals surface area contributed by atoms with Crippen molar-refractivity contribution in [2.45, 2.75) is 19.9 Å². The molecule has 0 aliphatic heterocycles. The van der Waals surface area contributed by atoms with Gasteiger partial charge in [0.1, 0.15) is 6.04 Å². The molecule has 1 unspecified atom stereocenters. The maximum Gasteiger partial charge on any atom is 0.245 e. The Morgan fingerprint density at radius 3 is 2.64 bits per heavy atom. The molecule has 0 saturated carbocycles. The van der Waals surface area contributed by atoms with Crippen LogP contribution in [0.2, 0.25) is 5.02 Å². The van der Waals surface area contributed by atoms with Crippen LogP contribution in [0.15, 0.2) is 58.7 Å². The van der Waals surface area contributed by atoms with Crippen molar-refractivity contribution >= 4 is 27.7 Å². The highest BCUT2D eigenvalue weighted by atomic mass is 35.5. The van der Waals surface area contributed by atoms with E-state index >= 15 is 0 Å². The molecule has 1 aromatic carbocycles. The van der Waals surface area contributed by atoms with E-state index in [0.717, 1.165) is 5.41 Å². The molecule has 3 rings (SSSR count). The molecule has 7 nitrogen and oxygen atoms in total. The normalized spacial score (nSPS) is 13.3. The molecule has 1 atom stereocenters. The highest BCUT2D eigenvalue weighted by Crippen LogP contribution is 2.24. The summed E-state index contributed by atoms with van der Waals surface area (Å²) in [7, 11) is -3.77. The number of pyridine rings is 1. The van der Waals surface area contributed by atoms with Crippen LogP contribution < -0.4 is 4.72 Å². The number of aromatic nitrogens is 3. The Bertz CT molecular complexity index is 1070. The fourth-order valence-corrected chi connectivity index (χ4v) is 3.76. The lowest BCUT2D eigenvalue weighted by molar-refractivity contribution is 0.312. The number of nitrogens with one attached hydrogen (secondary N) is 1. The number of sulfonamides is 1. The summed E-state index contributed by atoms with van der Waals surface area (Å²) in [5, 5.41) is 5.47. The molecule has 0 radical (unpaired) electrons. The van der Waals surface area contributed by atoms with E-state index in [1.165, 1.54) is 6.08 Å². The van der Waals surface area contributed by atoms with Crippen molar-refractivity contribution in [2.75, 3.05) is 0 Å². The lowest BCUT2D eigenvalue weighted by atomic mass is 10.1. The fourth-order valence-electron chi connectivity index (χ4n) is 2.43.